The Balaban J connectivity index is 1.55. The number of aryl methyl sites for hydroxylation is 2. The normalized spacial score (nSPS) is 26.3. The maximum atomic E-state index is 11.7. The zero-order valence-corrected chi connectivity index (χ0v) is 19.0. The van der Waals surface area contributed by atoms with Gasteiger partial charge in [-0.3, -0.25) is 0 Å². The van der Waals surface area contributed by atoms with Crippen molar-refractivity contribution < 1.29 is 14.6 Å². The van der Waals surface area contributed by atoms with Crippen LogP contribution in [0.15, 0.2) is 49.1 Å². The van der Waals surface area contributed by atoms with E-state index < -0.39 is 5.97 Å². The smallest absolute Gasteiger partial charge is 0.335 e. The van der Waals surface area contributed by atoms with Gasteiger partial charge in [0, 0.05) is 18.5 Å². The van der Waals surface area contributed by atoms with Gasteiger partial charge in [-0.1, -0.05) is 29.8 Å². The van der Waals surface area contributed by atoms with E-state index in [4.69, 9.17) is 4.74 Å². The quantitative estimate of drug-likeness (QED) is 0.611. The molecule has 0 bridgehead atoms. The maximum Gasteiger partial charge on any atom is 0.335 e. The number of hydrogen-bond donors (Lipinski definition) is 1. The Morgan fingerprint density at radius 3 is 2.84 bits per heavy atom. The highest BCUT2D eigenvalue weighted by molar-refractivity contribution is 5.89. The van der Waals surface area contributed by atoms with Crippen molar-refractivity contribution in [3.8, 4) is 5.75 Å². The maximum absolute atomic E-state index is 11.7. The summed E-state index contributed by atoms with van der Waals surface area (Å²) in [5.41, 5.74) is 5.37. The Morgan fingerprint density at radius 2 is 2.09 bits per heavy atom. The average Bonchev–Trinajstić information content (AvgIpc) is 2.92. The van der Waals surface area contributed by atoms with Gasteiger partial charge in [-0.25, -0.2) is 4.79 Å². The number of rotatable bonds is 5. The standard InChI is InChI=1S/C28H33NO3/c1-3-5-20-8-9-23(20)16-29-17-28(13-4-6-21-14-19(2)7-11-24(21)28)18-32-26-12-10-22(27(30)31)15-25(26)29/h3,7,10-12,14-15,20,23H,1,4-6,8-9,13,16-18H2,2H3,(H,30,31)/t20-,23+,28+/m1/s1. The minimum absolute atomic E-state index is 0.0681. The van der Waals surface area contributed by atoms with Gasteiger partial charge in [0.05, 0.1) is 17.9 Å². The molecule has 1 saturated carbocycles. The molecule has 0 amide bonds. The highest BCUT2D eigenvalue weighted by Gasteiger charge is 2.43. The van der Waals surface area contributed by atoms with Gasteiger partial charge in [-0.2, -0.15) is 0 Å². The second-order valence-corrected chi connectivity index (χ2v) is 10.1. The van der Waals surface area contributed by atoms with Crippen molar-refractivity contribution in [2.75, 3.05) is 24.6 Å². The van der Waals surface area contributed by atoms with E-state index in [1.165, 1.54) is 29.5 Å². The summed E-state index contributed by atoms with van der Waals surface area (Å²) in [5.74, 6) is 1.22. The van der Waals surface area contributed by atoms with Gasteiger partial charge in [0.1, 0.15) is 5.75 Å². The lowest BCUT2D eigenvalue weighted by Crippen LogP contribution is -2.48. The number of aromatic carboxylic acids is 1. The molecular formula is C28H33NO3. The molecule has 1 aliphatic heterocycles. The number of fused-ring (bicyclic) bond motifs is 3. The molecule has 2 aromatic carbocycles. The molecule has 0 unspecified atom stereocenters. The predicted octanol–water partition coefficient (Wildman–Crippen LogP) is 5.77. The van der Waals surface area contributed by atoms with Crippen LogP contribution in [0.25, 0.3) is 0 Å². The summed E-state index contributed by atoms with van der Waals surface area (Å²) < 4.78 is 6.45. The zero-order valence-electron chi connectivity index (χ0n) is 19.0. The number of ether oxygens (including phenoxy) is 1. The molecule has 32 heavy (non-hydrogen) atoms. The number of carboxylic acids is 1. The predicted molar refractivity (Wildman–Crippen MR) is 128 cm³/mol. The largest absolute Gasteiger partial charge is 0.490 e. The van der Waals surface area contributed by atoms with Crippen molar-refractivity contribution in [1.29, 1.82) is 0 Å². The molecule has 5 rings (SSSR count). The summed E-state index contributed by atoms with van der Waals surface area (Å²) in [5, 5.41) is 9.62. The molecule has 0 radical (unpaired) electrons. The van der Waals surface area contributed by atoms with Gasteiger partial charge < -0.3 is 14.7 Å². The van der Waals surface area contributed by atoms with Crippen molar-refractivity contribution >= 4 is 11.7 Å². The number of anilines is 1. The molecule has 1 fully saturated rings. The summed E-state index contributed by atoms with van der Waals surface area (Å²) in [7, 11) is 0. The van der Waals surface area contributed by atoms with Gasteiger partial charge in [-0.05, 0) is 86.6 Å². The highest BCUT2D eigenvalue weighted by Crippen LogP contribution is 2.46. The lowest BCUT2D eigenvalue weighted by Gasteiger charge is -2.44. The van der Waals surface area contributed by atoms with Gasteiger partial charge in [0.2, 0.25) is 0 Å². The van der Waals surface area contributed by atoms with E-state index >= 15 is 0 Å². The number of allylic oxidation sites excluding steroid dienone is 1. The Hall–Kier alpha value is -2.75. The number of carbonyl (C=O) groups is 1. The summed E-state index contributed by atoms with van der Waals surface area (Å²) in [6, 6.07) is 12.2. The Labute approximate surface area is 190 Å². The lowest BCUT2D eigenvalue weighted by atomic mass is 9.69. The van der Waals surface area contributed by atoms with Gasteiger partial charge in [-0.15, -0.1) is 6.58 Å². The molecule has 0 saturated heterocycles. The second-order valence-electron chi connectivity index (χ2n) is 10.1. The molecule has 0 aromatic heterocycles. The average molecular weight is 432 g/mol. The third-order valence-electron chi connectivity index (χ3n) is 7.98. The van der Waals surface area contributed by atoms with Crippen LogP contribution in [0, 0.1) is 18.8 Å². The summed E-state index contributed by atoms with van der Waals surface area (Å²) in [6.45, 7) is 8.57. The fourth-order valence-electron chi connectivity index (χ4n) is 6.09. The zero-order chi connectivity index (χ0) is 22.3. The van der Waals surface area contributed by atoms with Crippen molar-refractivity contribution in [1.82, 2.24) is 0 Å². The monoisotopic (exact) mass is 431 g/mol. The fourth-order valence-corrected chi connectivity index (χ4v) is 6.09. The number of hydrogen-bond acceptors (Lipinski definition) is 3. The van der Waals surface area contributed by atoms with Crippen LogP contribution in [-0.2, 0) is 11.8 Å². The number of nitrogens with zero attached hydrogens (tertiary/aromatic N) is 1. The van der Waals surface area contributed by atoms with Crippen molar-refractivity contribution in [2.45, 2.75) is 50.9 Å². The first-order valence-corrected chi connectivity index (χ1v) is 11.9. The lowest BCUT2D eigenvalue weighted by molar-refractivity contribution is 0.0697. The Morgan fingerprint density at radius 1 is 1.25 bits per heavy atom. The van der Waals surface area contributed by atoms with Crippen LogP contribution in [0.4, 0.5) is 5.69 Å². The minimum atomic E-state index is -0.890. The molecule has 4 heteroatoms. The van der Waals surface area contributed by atoms with Crippen LogP contribution in [0.3, 0.4) is 0 Å². The van der Waals surface area contributed by atoms with Crippen LogP contribution in [-0.4, -0.2) is 30.8 Å². The van der Waals surface area contributed by atoms with Gasteiger partial charge >= 0.3 is 5.97 Å². The highest BCUT2D eigenvalue weighted by atomic mass is 16.5. The molecule has 1 N–H and O–H groups in total. The van der Waals surface area contributed by atoms with E-state index in [9.17, 15) is 9.90 Å². The first-order chi connectivity index (χ1) is 15.5. The van der Waals surface area contributed by atoms with E-state index in [-0.39, 0.29) is 5.41 Å². The molecule has 4 nitrogen and oxygen atoms in total. The third-order valence-corrected chi connectivity index (χ3v) is 7.98. The van der Waals surface area contributed by atoms with Crippen LogP contribution >= 0.6 is 0 Å². The second kappa shape index (κ2) is 8.31. The number of carboxylic acid groups (broad SMARTS) is 1. The summed E-state index contributed by atoms with van der Waals surface area (Å²) in [4.78, 5) is 14.2. The van der Waals surface area contributed by atoms with Crippen molar-refractivity contribution in [2.24, 2.45) is 11.8 Å². The molecular weight excluding hydrogens is 398 g/mol. The topological polar surface area (TPSA) is 49.8 Å². The Kier molecular flexibility index (Phi) is 5.48. The van der Waals surface area contributed by atoms with Crippen LogP contribution in [0.2, 0.25) is 0 Å². The summed E-state index contributed by atoms with van der Waals surface area (Å²) in [6.07, 6.45) is 8.97. The first kappa shape index (κ1) is 21.1. The third kappa shape index (κ3) is 3.70. The molecule has 3 aliphatic rings. The molecule has 1 heterocycles. The molecule has 168 valence electrons. The van der Waals surface area contributed by atoms with Gasteiger partial charge in [0.15, 0.2) is 0 Å². The van der Waals surface area contributed by atoms with Crippen LogP contribution < -0.4 is 9.64 Å². The Bertz CT molecular complexity index is 1040. The van der Waals surface area contributed by atoms with Crippen molar-refractivity contribution in [3.63, 3.8) is 0 Å². The van der Waals surface area contributed by atoms with Crippen molar-refractivity contribution in [3.05, 3.63) is 71.3 Å². The van der Waals surface area contributed by atoms with E-state index in [1.54, 1.807) is 6.07 Å². The molecule has 3 atom stereocenters. The minimum Gasteiger partial charge on any atom is -0.490 e. The molecule has 2 aromatic rings. The SMILES string of the molecule is C=CC[C@@H]1CC[C@H]1CN1C[C@@]2(CCCc3cc(C)ccc32)COc2ccc(C(=O)O)cc21. The van der Waals surface area contributed by atoms with Crippen LogP contribution in [0.5, 0.6) is 5.75 Å². The first-order valence-electron chi connectivity index (χ1n) is 11.9. The van der Waals surface area contributed by atoms with E-state index in [1.807, 2.05) is 18.2 Å². The molecule has 1 spiro atoms. The fraction of sp³-hybridized carbons (Fsp3) is 0.464. The summed E-state index contributed by atoms with van der Waals surface area (Å²) >= 11 is 0. The van der Waals surface area contributed by atoms with E-state index in [2.05, 4.69) is 36.6 Å². The number of benzene rings is 2. The van der Waals surface area contributed by atoms with E-state index in [0.29, 0.717) is 24.0 Å². The van der Waals surface area contributed by atoms with Crippen LogP contribution in [0.1, 0.15) is 59.2 Å². The van der Waals surface area contributed by atoms with Gasteiger partial charge in [0.25, 0.3) is 0 Å². The molecule has 2 aliphatic carbocycles. The van der Waals surface area contributed by atoms with E-state index in [0.717, 1.165) is 50.2 Å².